The molecule has 8 heterocycles. The number of hydrogen-bond acceptors (Lipinski definition) is 25. The predicted octanol–water partition coefficient (Wildman–Crippen LogP) is 23.1. The summed E-state index contributed by atoms with van der Waals surface area (Å²) in [6.07, 6.45) is 4.56. The van der Waals surface area contributed by atoms with Gasteiger partial charge in [-0.1, -0.05) is 192 Å². The number of para-hydroxylation sites is 4. The first-order chi connectivity index (χ1) is 72.0. The van der Waals surface area contributed by atoms with Crippen LogP contribution < -0.4 is 68.4 Å². The molecule has 12 aromatic carbocycles. The second-order valence-electron chi connectivity index (χ2n) is 34.6. The highest BCUT2D eigenvalue weighted by atomic mass is 35.5. The molecule has 25 nitrogen and oxygen atoms in total. The van der Waals surface area contributed by atoms with Gasteiger partial charge in [0, 0.05) is 103 Å². The number of benzene rings is 12. The summed E-state index contributed by atoms with van der Waals surface area (Å²) in [4.78, 5) is 111. The normalized spacial score (nSPS) is 12.2. The minimum atomic E-state index is -0.797. The van der Waals surface area contributed by atoms with Gasteiger partial charge in [0.1, 0.15) is 75.7 Å². The summed E-state index contributed by atoms with van der Waals surface area (Å²) < 4.78 is 70.5. The molecule has 0 atom stereocenters. The molecule has 0 fully saturated rings. The van der Waals surface area contributed by atoms with Crippen molar-refractivity contribution in [1.82, 2.24) is 18.3 Å². The Bertz CT molecular complexity index is 9320. The zero-order valence-electron chi connectivity index (χ0n) is 79.4. The fourth-order valence-corrected chi connectivity index (χ4v) is 23.4. The van der Waals surface area contributed by atoms with Gasteiger partial charge in [-0.3, -0.25) is 37.4 Å². The lowest BCUT2D eigenvalue weighted by Gasteiger charge is -2.26. The molecule has 0 saturated carbocycles. The Morgan fingerprint density at radius 2 is 0.561 bits per heavy atom. The molecular weight excluding hydrogens is 1980 g/mol. The van der Waals surface area contributed by atoms with Crippen LogP contribution in [0.15, 0.2) is 392 Å². The summed E-state index contributed by atoms with van der Waals surface area (Å²) >= 11 is 10.1. The standard InChI is InChI=1S/C30H23NO6S.C29H20ClNO5S.C29H20FNO5S.C29H21NO5S/c1-35-18-10-6-11-19(16-18)38-28-26(32)24-27(37-30(28)34)22-15-14-20-21(12-7-13-23(20)36-2)25(22)31(29(24)33)17-8-4-3-5-9-17;1-35-19-11-13-21-16(14-19)10-12-22-24(21)31(18-7-3-2-4-8-18)28(33)23-25(32)27(29(34)36-26(22)23)37-20-9-5-6-17(30)15-20;1-35-22-12-6-11-20-19(22)13-14-21-24(20)31(17-8-3-2-4-9-17)28(33)23-25(32)27(29(34)36-26(21)23)37-18-10-5-7-16(30)15-18;1-34-19-13-15-21-17(16-19)12-14-22-24(21)30(18-8-4-2-5-9-18)28(32)23-25(31)27(29(33)35-26(22)23)36-20-10-6-3-7-11-20/h3-13,16,32H,14-15H2,1-2H3;2-9,11,13-15,32H,10,12H2,1H3;2-12,15,32H,13-14H2,1H3;2-11,13,15-16,31H,12,14H2,1H3. The first kappa shape index (κ1) is 97.2. The zero-order chi connectivity index (χ0) is 103. The fraction of sp³-hybridized carbons (Fsp3) is 0.111. The van der Waals surface area contributed by atoms with Crippen LogP contribution in [0.4, 0.5) is 4.39 Å². The molecule has 31 heteroatoms. The van der Waals surface area contributed by atoms with Gasteiger partial charge in [-0.05, 0) is 226 Å². The van der Waals surface area contributed by atoms with Gasteiger partial charge in [0.2, 0.25) is 0 Å². The van der Waals surface area contributed by atoms with E-state index in [-0.39, 0.29) is 69.2 Å². The fourth-order valence-electron chi connectivity index (χ4n) is 19.7. The van der Waals surface area contributed by atoms with Crippen molar-refractivity contribution in [2.45, 2.75) is 90.5 Å². The van der Waals surface area contributed by atoms with Crippen LogP contribution in [0.3, 0.4) is 0 Å². The van der Waals surface area contributed by atoms with Crippen LogP contribution in [-0.2, 0) is 51.4 Å². The predicted molar refractivity (Wildman–Crippen MR) is 570 cm³/mol. The number of aromatic nitrogens is 4. The number of rotatable bonds is 17. The number of hydrogen-bond donors (Lipinski definition) is 4. The number of halogens is 2. The van der Waals surface area contributed by atoms with Crippen LogP contribution in [0.2, 0.25) is 5.02 Å². The molecule has 0 saturated heterocycles. The smallest absolute Gasteiger partial charge is 0.354 e. The van der Waals surface area contributed by atoms with E-state index in [1.165, 1.54) is 18.2 Å². The van der Waals surface area contributed by atoms with Crippen LogP contribution >= 0.6 is 58.6 Å². The molecule has 0 amide bonds. The lowest BCUT2D eigenvalue weighted by atomic mass is 9.87. The van der Waals surface area contributed by atoms with E-state index in [1.807, 2.05) is 212 Å². The van der Waals surface area contributed by atoms with Crippen molar-refractivity contribution >= 4 is 103 Å². The number of ether oxygens (including phenoxy) is 5. The molecule has 4 aliphatic carbocycles. The van der Waals surface area contributed by atoms with Crippen LogP contribution in [-0.4, -0.2) is 74.2 Å². The maximum Gasteiger partial charge on any atom is 0.354 e. The van der Waals surface area contributed by atoms with Crippen molar-refractivity contribution in [3.8, 4) is 120 Å². The van der Waals surface area contributed by atoms with Crippen LogP contribution in [0.25, 0.3) is 112 Å². The molecule has 8 aromatic heterocycles. The van der Waals surface area contributed by atoms with Crippen LogP contribution in [0.5, 0.6) is 51.7 Å². The number of methoxy groups -OCH3 is 5. The van der Waals surface area contributed by atoms with E-state index in [9.17, 15) is 63.2 Å². The van der Waals surface area contributed by atoms with E-state index in [2.05, 4.69) is 0 Å². The van der Waals surface area contributed by atoms with E-state index in [1.54, 1.807) is 121 Å². The van der Waals surface area contributed by atoms with Gasteiger partial charge in [-0.25, -0.2) is 23.6 Å². The van der Waals surface area contributed by atoms with Gasteiger partial charge in [0.25, 0.3) is 22.2 Å². The zero-order valence-corrected chi connectivity index (χ0v) is 83.4. The Kier molecular flexibility index (Phi) is 26.9. The highest BCUT2D eigenvalue weighted by Crippen LogP contribution is 2.51. The summed E-state index contributed by atoms with van der Waals surface area (Å²) in [6.45, 7) is 0. The largest absolute Gasteiger partial charge is 0.505 e. The first-order valence-corrected chi connectivity index (χ1v) is 50.4. The lowest BCUT2D eigenvalue weighted by Crippen LogP contribution is -2.26. The molecule has 148 heavy (non-hydrogen) atoms. The minimum Gasteiger partial charge on any atom is -0.505 e. The lowest BCUT2D eigenvalue weighted by molar-refractivity contribution is 0.409. The first-order valence-electron chi connectivity index (χ1n) is 46.7. The van der Waals surface area contributed by atoms with Crippen molar-refractivity contribution < 1.29 is 66.2 Å². The SMILES string of the molecule is COc1ccc2c(c1)CCc1c-2n(-c2ccccc2)c(=O)c2c(O)c(Sc3cccc(Cl)c3)c(=O)oc12.COc1ccc2c(c1)CCc1c-2n(-c2ccccc2)c(=O)c2c(O)c(Sc3ccccc3)c(=O)oc12.COc1cccc(Sc2c(O)c3c(=O)n(-c4ccccc4)c4c(c3oc2=O)CCc2c(OC)cccc2-4)c1.COc1cccc2c1CCc1c-2n(-c2ccccc2)c(=O)c2c(O)c(Sc3cccc(F)c3)c(=O)oc12. The summed E-state index contributed by atoms with van der Waals surface area (Å²) in [5.74, 6) is 1.41. The van der Waals surface area contributed by atoms with E-state index in [4.69, 9.17) is 53.0 Å². The highest BCUT2D eigenvalue weighted by molar-refractivity contribution is 8.00. The minimum absolute atomic E-state index is 0.00703. The van der Waals surface area contributed by atoms with Crippen molar-refractivity contribution in [1.29, 1.82) is 0 Å². The maximum absolute atomic E-state index is 14.2. The third-order valence-corrected chi connectivity index (χ3v) is 30.7. The average molecular weight is 2060 g/mol. The van der Waals surface area contributed by atoms with E-state index in [0.29, 0.717) is 145 Å². The maximum atomic E-state index is 14.2. The molecule has 0 spiro atoms. The molecule has 4 aliphatic rings. The molecule has 0 aliphatic heterocycles. The highest BCUT2D eigenvalue weighted by Gasteiger charge is 2.37. The van der Waals surface area contributed by atoms with Gasteiger partial charge in [0.05, 0.1) is 58.3 Å². The molecule has 0 bridgehead atoms. The average Bonchev–Trinajstić information content (AvgIpc) is 0.726. The molecule has 0 unspecified atom stereocenters. The molecule has 4 N–H and O–H groups in total. The van der Waals surface area contributed by atoms with Crippen LogP contribution in [0.1, 0.15) is 44.5 Å². The molecule has 20 aromatic rings. The topological polar surface area (TPSA) is 336 Å². The monoisotopic (exact) mass is 2060 g/mol. The number of aryl methyl sites for hydroxylation is 6. The number of nitrogens with zero attached hydrogens (tertiary/aromatic N) is 4. The Hall–Kier alpha value is -16.9. The molecular formula is C117H84ClFN4O21S4. The van der Waals surface area contributed by atoms with Crippen molar-refractivity contribution in [2.24, 2.45) is 0 Å². The van der Waals surface area contributed by atoms with Gasteiger partial charge < -0.3 is 61.8 Å². The van der Waals surface area contributed by atoms with Gasteiger partial charge in [0.15, 0.2) is 45.3 Å². The Balaban J connectivity index is 0.000000116. The van der Waals surface area contributed by atoms with Crippen LogP contribution in [0, 0.1) is 5.82 Å². The second kappa shape index (κ2) is 41.0. The number of fused-ring (bicyclic) bond motifs is 20. The van der Waals surface area contributed by atoms with Crippen molar-refractivity contribution in [3.63, 3.8) is 0 Å². The Morgan fingerprint density at radius 1 is 0.277 bits per heavy atom. The number of pyridine rings is 4. The summed E-state index contributed by atoms with van der Waals surface area (Å²) in [7, 11) is 8.00. The Labute approximate surface area is 862 Å². The third-order valence-electron chi connectivity index (χ3n) is 26.2. The van der Waals surface area contributed by atoms with Crippen molar-refractivity contribution in [3.05, 3.63) is 436 Å². The molecule has 736 valence electrons. The Morgan fingerprint density at radius 3 is 0.899 bits per heavy atom. The third kappa shape index (κ3) is 17.8. The number of aromatic hydroxyl groups is 4. The van der Waals surface area contributed by atoms with Gasteiger partial charge in [-0.2, -0.15) is 0 Å². The summed E-state index contributed by atoms with van der Waals surface area (Å²) in [5, 5.41) is 45.7. The van der Waals surface area contributed by atoms with Crippen molar-refractivity contribution in [2.75, 3.05) is 35.5 Å². The van der Waals surface area contributed by atoms with Gasteiger partial charge in [-0.15, -0.1) is 0 Å². The molecule has 24 rings (SSSR count). The van der Waals surface area contributed by atoms with E-state index >= 15 is 0 Å². The summed E-state index contributed by atoms with van der Waals surface area (Å²) in [6, 6.07) is 88.5. The van der Waals surface area contributed by atoms with Gasteiger partial charge >= 0.3 is 22.5 Å². The quantitative estimate of drug-likeness (QED) is 0.0658. The van der Waals surface area contributed by atoms with E-state index in [0.717, 1.165) is 119 Å². The van der Waals surface area contributed by atoms with E-state index < -0.39 is 67.8 Å². The second-order valence-corrected chi connectivity index (χ2v) is 39.4. The summed E-state index contributed by atoms with van der Waals surface area (Å²) in [5.41, 5.74) is 10.8. The molecule has 0 radical (unpaired) electrons.